The van der Waals surface area contributed by atoms with Crippen LogP contribution in [-0.4, -0.2) is 23.0 Å². The molecule has 0 aliphatic rings. The molecule has 0 aliphatic heterocycles. The van der Waals surface area contributed by atoms with E-state index in [2.05, 4.69) is 6.92 Å². The molecule has 0 saturated heterocycles. The first-order chi connectivity index (χ1) is 22.0. The molecule has 0 heterocycles. The Bertz CT molecular complexity index is 1100. The number of carboxylic acid groups (broad SMARTS) is 1. The van der Waals surface area contributed by atoms with Gasteiger partial charge in [0, 0.05) is 6.42 Å². The summed E-state index contributed by atoms with van der Waals surface area (Å²) in [6.07, 6.45) is 20.5. The Kier molecular flexibility index (Phi) is 20.1. The number of unbranched alkanes of at least 4 members (excludes halogenated alkanes) is 13. The molecule has 0 aromatic heterocycles. The van der Waals surface area contributed by atoms with Gasteiger partial charge in [0.15, 0.2) is 5.41 Å². The lowest BCUT2D eigenvalue weighted by Crippen LogP contribution is -2.40. The van der Waals surface area contributed by atoms with Gasteiger partial charge in [-0.15, -0.1) is 0 Å². The van der Waals surface area contributed by atoms with Crippen molar-refractivity contribution in [2.45, 2.75) is 136 Å². The molecule has 2 aromatic rings. The van der Waals surface area contributed by atoms with E-state index in [0.29, 0.717) is 19.4 Å². The van der Waals surface area contributed by atoms with Gasteiger partial charge < -0.3 is 14.6 Å². The zero-order valence-corrected chi connectivity index (χ0v) is 27.6. The first kappa shape index (κ1) is 37.8. The molecule has 2 aromatic carbocycles. The third-order valence-corrected chi connectivity index (χ3v) is 8.35. The molecule has 0 aliphatic carbocycles. The molecule has 0 bridgehead atoms. The minimum atomic E-state index is -1.57. The summed E-state index contributed by atoms with van der Waals surface area (Å²) in [7, 11) is 0. The van der Waals surface area contributed by atoms with E-state index < -0.39 is 17.4 Å². The van der Waals surface area contributed by atoms with Gasteiger partial charge in [-0.1, -0.05) is 157 Å². The van der Waals surface area contributed by atoms with Crippen LogP contribution in [0.25, 0.3) is 0 Å². The maximum atomic E-state index is 13.3. The number of aliphatic carboxylic acids is 1. The SMILES string of the molecule is CCCCCCCCCCC[C@](CC=CCCCCCCCC(=O)OCc1ccccc1)(C(=O)O)C(=O)OCc1ccccc1. The van der Waals surface area contributed by atoms with Crippen molar-refractivity contribution in [2.75, 3.05) is 0 Å². The Morgan fingerprint density at radius 3 is 1.73 bits per heavy atom. The van der Waals surface area contributed by atoms with Crippen molar-refractivity contribution in [3.05, 3.63) is 83.9 Å². The van der Waals surface area contributed by atoms with E-state index in [0.717, 1.165) is 68.9 Å². The molecule has 6 heteroatoms. The van der Waals surface area contributed by atoms with Crippen LogP contribution in [0.5, 0.6) is 0 Å². The van der Waals surface area contributed by atoms with Crippen LogP contribution in [0.4, 0.5) is 0 Å². The zero-order chi connectivity index (χ0) is 32.4. The summed E-state index contributed by atoms with van der Waals surface area (Å²) >= 11 is 0. The van der Waals surface area contributed by atoms with E-state index in [-0.39, 0.29) is 25.4 Å². The number of carbonyl (C=O) groups is 3. The van der Waals surface area contributed by atoms with Gasteiger partial charge in [0.05, 0.1) is 0 Å². The Morgan fingerprint density at radius 2 is 1.16 bits per heavy atom. The number of ether oxygens (including phenoxy) is 2. The normalized spacial score (nSPS) is 12.6. The Hall–Kier alpha value is -3.41. The van der Waals surface area contributed by atoms with Gasteiger partial charge >= 0.3 is 17.9 Å². The summed E-state index contributed by atoms with van der Waals surface area (Å²) < 4.78 is 10.9. The summed E-state index contributed by atoms with van der Waals surface area (Å²) in [6, 6.07) is 19.1. The minimum absolute atomic E-state index is 0.0704. The minimum Gasteiger partial charge on any atom is -0.480 e. The Morgan fingerprint density at radius 1 is 0.644 bits per heavy atom. The molecule has 6 nitrogen and oxygen atoms in total. The summed E-state index contributed by atoms with van der Waals surface area (Å²) in [6.45, 7) is 2.61. The average Bonchev–Trinajstić information content (AvgIpc) is 3.06. The quantitative estimate of drug-likeness (QED) is 0.0487. The van der Waals surface area contributed by atoms with Gasteiger partial charge in [0.2, 0.25) is 0 Å². The number of benzene rings is 2. The molecule has 0 unspecified atom stereocenters. The van der Waals surface area contributed by atoms with Crippen molar-refractivity contribution in [1.29, 1.82) is 0 Å². The number of hydrogen-bond donors (Lipinski definition) is 1. The van der Waals surface area contributed by atoms with E-state index in [1.165, 1.54) is 32.1 Å². The van der Waals surface area contributed by atoms with Crippen LogP contribution < -0.4 is 0 Å². The molecule has 248 valence electrons. The van der Waals surface area contributed by atoms with E-state index >= 15 is 0 Å². The summed E-state index contributed by atoms with van der Waals surface area (Å²) in [5.74, 6) is -1.91. The van der Waals surface area contributed by atoms with Crippen LogP contribution in [-0.2, 0) is 37.1 Å². The largest absolute Gasteiger partial charge is 0.480 e. The molecule has 1 atom stereocenters. The molecule has 45 heavy (non-hydrogen) atoms. The molecule has 0 radical (unpaired) electrons. The van der Waals surface area contributed by atoms with Gasteiger partial charge in [-0.3, -0.25) is 14.4 Å². The van der Waals surface area contributed by atoms with Gasteiger partial charge in [0.25, 0.3) is 0 Å². The fourth-order valence-corrected chi connectivity index (χ4v) is 5.44. The van der Waals surface area contributed by atoms with Crippen molar-refractivity contribution in [3.63, 3.8) is 0 Å². The topological polar surface area (TPSA) is 89.9 Å². The van der Waals surface area contributed by atoms with E-state index in [1.54, 1.807) is 0 Å². The molecular weight excluding hydrogens is 564 g/mol. The average molecular weight is 621 g/mol. The molecule has 1 N–H and O–H groups in total. The van der Waals surface area contributed by atoms with Gasteiger partial charge in [-0.05, 0) is 43.2 Å². The second-order valence-electron chi connectivity index (χ2n) is 12.2. The third-order valence-electron chi connectivity index (χ3n) is 8.35. The molecule has 0 fully saturated rings. The number of esters is 2. The Balaban J connectivity index is 1.74. The maximum absolute atomic E-state index is 13.3. The number of allylic oxidation sites excluding steroid dienone is 2. The zero-order valence-electron chi connectivity index (χ0n) is 27.6. The molecule has 0 spiro atoms. The van der Waals surface area contributed by atoms with Crippen LogP contribution in [0.1, 0.15) is 134 Å². The first-order valence-corrected chi connectivity index (χ1v) is 17.3. The molecular formula is C39H56O6. The lowest BCUT2D eigenvalue weighted by atomic mass is 9.79. The fraction of sp³-hybridized carbons (Fsp3) is 0.564. The number of carbonyl (C=O) groups excluding carboxylic acids is 2. The molecule has 0 amide bonds. The van der Waals surface area contributed by atoms with Crippen molar-refractivity contribution in [1.82, 2.24) is 0 Å². The predicted octanol–water partition coefficient (Wildman–Crippen LogP) is 10.1. The third kappa shape index (κ3) is 16.5. The number of rotatable bonds is 26. The smallest absolute Gasteiger partial charge is 0.324 e. The van der Waals surface area contributed by atoms with Crippen LogP contribution in [0, 0.1) is 5.41 Å². The van der Waals surface area contributed by atoms with Gasteiger partial charge in [-0.2, -0.15) is 0 Å². The van der Waals surface area contributed by atoms with Crippen molar-refractivity contribution < 1.29 is 29.0 Å². The second kappa shape index (κ2) is 23.9. The number of carboxylic acids is 1. The Labute approximate surface area is 271 Å². The van der Waals surface area contributed by atoms with E-state index in [4.69, 9.17) is 9.47 Å². The highest BCUT2D eigenvalue weighted by Crippen LogP contribution is 2.33. The van der Waals surface area contributed by atoms with Crippen LogP contribution in [0.3, 0.4) is 0 Å². The molecule has 0 saturated carbocycles. The van der Waals surface area contributed by atoms with Crippen molar-refractivity contribution in [3.8, 4) is 0 Å². The summed E-state index contributed by atoms with van der Waals surface area (Å²) in [4.78, 5) is 37.9. The second-order valence-corrected chi connectivity index (χ2v) is 12.2. The van der Waals surface area contributed by atoms with Gasteiger partial charge in [0.1, 0.15) is 13.2 Å². The van der Waals surface area contributed by atoms with Crippen LogP contribution in [0.15, 0.2) is 72.8 Å². The summed E-state index contributed by atoms with van der Waals surface area (Å²) in [5, 5.41) is 10.3. The van der Waals surface area contributed by atoms with Crippen molar-refractivity contribution in [2.24, 2.45) is 5.41 Å². The number of hydrogen-bond acceptors (Lipinski definition) is 5. The monoisotopic (exact) mass is 620 g/mol. The van der Waals surface area contributed by atoms with Crippen molar-refractivity contribution >= 4 is 17.9 Å². The van der Waals surface area contributed by atoms with E-state index in [9.17, 15) is 19.5 Å². The fourth-order valence-electron chi connectivity index (χ4n) is 5.44. The highest BCUT2D eigenvalue weighted by molar-refractivity contribution is 5.99. The highest BCUT2D eigenvalue weighted by atomic mass is 16.5. The van der Waals surface area contributed by atoms with Crippen LogP contribution >= 0.6 is 0 Å². The standard InChI is InChI=1S/C39H56O6/c1-2-3-4-5-6-8-11-14-23-30-39(37(41)42,38(43)45-33-35-27-20-17-21-28-35)31-24-15-12-9-7-10-13-22-29-36(40)44-32-34-25-18-16-19-26-34/h15-21,24-28H,2-14,22-23,29-33H2,1H3,(H,41,42)/t39-/m0/s1. The van der Waals surface area contributed by atoms with Crippen LogP contribution in [0.2, 0.25) is 0 Å². The highest BCUT2D eigenvalue weighted by Gasteiger charge is 2.46. The lowest BCUT2D eigenvalue weighted by Gasteiger charge is -2.26. The first-order valence-electron chi connectivity index (χ1n) is 17.3. The summed E-state index contributed by atoms with van der Waals surface area (Å²) in [5.41, 5.74) is 0.265. The molecule has 2 rings (SSSR count). The van der Waals surface area contributed by atoms with E-state index in [1.807, 2.05) is 72.8 Å². The van der Waals surface area contributed by atoms with Gasteiger partial charge in [-0.25, -0.2) is 0 Å². The maximum Gasteiger partial charge on any atom is 0.324 e. The predicted molar refractivity (Wildman–Crippen MR) is 180 cm³/mol. The lowest BCUT2D eigenvalue weighted by molar-refractivity contribution is -0.170.